The molecule has 29 heavy (non-hydrogen) atoms. The van der Waals surface area contributed by atoms with Crippen LogP contribution in [0.3, 0.4) is 0 Å². The number of ether oxygens (including phenoxy) is 1. The smallest absolute Gasteiger partial charge is 0.352 e. The summed E-state index contributed by atoms with van der Waals surface area (Å²) in [6.45, 7) is 0.338. The Labute approximate surface area is 173 Å². The average Bonchev–Trinajstić information content (AvgIpc) is 3.51. The molecule has 0 amide bonds. The van der Waals surface area contributed by atoms with Gasteiger partial charge in [0.15, 0.2) is 0 Å². The lowest BCUT2D eigenvalue weighted by molar-refractivity contribution is 0.414. The molecule has 1 aromatic carbocycles. The van der Waals surface area contributed by atoms with E-state index >= 15 is 0 Å². The fourth-order valence-corrected chi connectivity index (χ4v) is 4.60. The highest BCUT2D eigenvalue weighted by molar-refractivity contribution is 7.14. The molecule has 0 radical (unpaired) electrons. The molecule has 0 spiro atoms. The van der Waals surface area contributed by atoms with Crippen molar-refractivity contribution in [2.24, 2.45) is 0 Å². The quantitative estimate of drug-likeness (QED) is 0.432. The molecule has 5 rings (SSSR count). The first-order valence-corrected chi connectivity index (χ1v) is 10.6. The molecule has 144 valence electrons. The molecule has 0 fully saturated rings. The van der Waals surface area contributed by atoms with E-state index in [0.717, 1.165) is 26.8 Å². The van der Waals surface area contributed by atoms with Crippen molar-refractivity contribution >= 4 is 28.5 Å². The number of rotatable bonds is 5. The minimum atomic E-state index is -0.244. The number of hydrogen-bond acceptors (Lipinski definition) is 7. The van der Waals surface area contributed by atoms with Crippen LogP contribution in [0.4, 0.5) is 0 Å². The van der Waals surface area contributed by atoms with Gasteiger partial charge in [-0.3, -0.25) is 0 Å². The maximum Gasteiger partial charge on any atom is 0.352 e. The van der Waals surface area contributed by atoms with Gasteiger partial charge in [0.2, 0.25) is 0 Å². The molecule has 0 aliphatic heterocycles. The van der Waals surface area contributed by atoms with Gasteiger partial charge in [0.25, 0.3) is 5.78 Å². The zero-order chi connectivity index (χ0) is 19.8. The first kappa shape index (κ1) is 17.8. The Hall–Kier alpha value is -3.30. The van der Waals surface area contributed by atoms with E-state index in [-0.39, 0.29) is 11.5 Å². The molecule has 9 heteroatoms. The largest absolute Gasteiger partial charge is 0.497 e. The molecular formula is C20H15N5O2S2. The number of benzene rings is 1. The van der Waals surface area contributed by atoms with Gasteiger partial charge in [-0.25, -0.2) is 13.9 Å². The minimum absolute atomic E-state index is 0.244. The molecule has 4 heterocycles. The molecule has 0 bridgehead atoms. The monoisotopic (exact) mass is 421 g/mol. The minimum Gasteiger partial charge on any atom is -0.497 e. The predicted molar refractivity (Wildman–Crippen MR) is 114 cm³/mol. The summed E-state index contributed by atoms with van der Waals surface area (Å²) in [5.74, 6) is 1.05. The number of methoxy groups -OCH3 is 1. The van der Waals surface area contributed by atoms with Crippen molar-refractivity contribution in [2.45, 2.75) is 6.54 Å². The van der Waals surface area contributed by atoms with Crippen LogP contribution >= 0.6 is 22.7 Å². The van der Waals surface area contributed by atoms with E-state index in [2.05, 4.69) is 15.3 Å². The van der Waals surface area contributed by atoms with E-state index < -0.39 is 0 Å². The number of aromatic nitrogens is 5. The van der Waals surface area contributed by atoms with Gasteiger partial charge in [0, 0.05) is 0 Å². The van der Waals surface area contributed by atoms with Crippen LogP contribution in [0.15, 0.2) is 64.1 Å². The molecule has 4 aromatic heterocycles. The summed E-state index contributed by atoms with van der Waals surface area (Å²) in [6, 6.07) is 15.4. The normalized spacial score (nSPS) is 11.2. The maximum atomic E-state index is 13.3. The summed E-state index contributed by atoms with van der Waals surface area (Å²) < 4.78 is 8.16. The molecular weight excluding hydrogens is 406 g/mol. The van der Waals surface area contributed by atoms with E-state index in [1.165, 1.54) is 4.68 Å². The van der Waals surface area contributed by atoms with Crippen molar-refractivity contribution in [3.63, 3.8) is 0 Å². The summed E-state index contributed by atoms with van der Waals surface area (Å²) in [6.07, 6.45) is 0. The standard InChI is InChI=1S/C20H15N5O2S2/c1-27-14-8-6-13(7-9-14)12-24-20(26)25-18(16-5-3-11-29-16)17(15-4-2-10-28-15)21-22-19(25)23-24/h2-11H,12H2,1H3. The van der Waals surface area contributed by atoms with Gasteiger partial charge in [-0.1, -0.05) is 24.3 Å². The molecule has 0 atom stereocenters. The summed E-state index contributed by atoms with van der Waals surface area (Å²) in [5.41, 5.74) is 2.10. The van der Waals surface area contributed by atoms with Crippen LogP contribution in [0.1, 0.15) is 5.56 Å². The second kappa shape index (κ2) is 7.26. The average molecular weight is 422 g/mol. The first-order valence-electron chi connectivity index (χ1n) is 8.81. The molecule has 0 saturated carbocycles. The van der Waals surface area contributed by atoms with E-state index in [0.29, 0.717) is 12.2 Å². The van der Waals surface area contributed by atoms with Crippen LogP contribution in [-0.2, 0) is 6.54 Å². The summed E-state index contributed by atoms with van der Waals surface area (Å²) in [7, 11) is 1.62. The summed E-state index contributed by atoms with van der Waals surface area (Å²) in [5, 5.41) is 17.0. The first-order chi connectivity index (χ1) is 14.2. The van der Waals surface area contributed by atoms with Crippen LogP contribution in [0.25, 0.3) is 26.9 Å². The van der Waals surface area contributed by atoms with Crippen molar-refractivity contribution in [1.29, 1.82) is 0 Å². The lowest BCUT2D eigenvalue weighted by Gasteiger charge is -2.06. The Kier molecular flexibility index (Phi) is 4.45. The van der Waals surface area contributed by atoms with Crippen molar-refractivity contribution in [1.82, 2.24) is 24.4 Å². The van der Waals surface area contributed by atoms with Gasteiger partial charge >= 0.3 is 5.69 Å². The zero-order valence-corrected chi connectivity index (χ0v) is 17.0. The molecule has 5 aromatic rings. The lowest BCUT2D eigenvalue weighted by Crippen LogP contribution is -2.23. The third-order valence-corrected chi connectivity index (χ3v) is 6.26. The van der Waals surface area contributed by atoms with Crippen molar-refractivity contribution in [3.8, 4) is 26.9 Å². The maximum absolute atomic E-state index is 13.3. The summed E-state index contributed by atoms with van der Waals surface area (Å²) >= 11 is 3.12. The Bertz CT molecular complexity index is 1320. The van der Waals surface area contributed by atoms with Crippen LogP contribution in [-0.4, -0.2) is 31.5 Å². The highest BCUT2D eigenvalue weighted by Crippen LogP contribution is 2.34. The SMILES string of the molecule is COc1ccc(Cn2nc3nnc(-c4cccs4)c(-c4cccs4)n3c2=O)cc1. The molecule has 0 N–H and O–H groups in total. The van der Waals surface area contributed by atoms with Gasteiger partial charge in [-0.2, -0.15) is 0 Å². The van der Waals surface area contributed by atoms with E-state index in [9.17, 15) is 4.79 Å². The Morgan fingerprint density at radius 1 is 0.966 bits per heavy atom. The fraction of sp³-hybridized carbons (Fsp3) is 0.100. The Morgan fingerprint density at radius 2 is 1.69 bits per heavy atom. The Morgan fingerprint density at radius 3 is 2.34 bits per heavy atom. The topological polar surface area (TPSA) is 74.3 Å². The molecule has 0 aliphatic carbocycles. The number of nitrogens with zero attached hydrogens (tertiary/aromatic N) is 5. The molecule has 0 saturated heterocycles. The highest BCUT2D eigenvalue weighted by atomic mass is 32.1. The van der Waals surface area contributed by atoms with Gasteiger partial charge in [-0.05, 0) is 40.6 Å². The summed E-state index contributed by atoms with van der Waals surface area (Å²) in [4.78, 5) is 15.2. The number of fused-ring (bicyclic) bond motifs is 1. The molecule has 0 aliphatic rings. The van der Waals surface area contributed by atoms with Crippen molar-refractivity contribution in [3.05, 3.63) is 75.3 Å². The fourth-order valence-electron chi connectivity index (χ4n) is 3.13. The van der Waals surface area contributed by atoms with Gasteiger partial charge in [0.05, 0.1) is 23.4 Å². The van der Waals surface area contributed by atoms with Crippen LogP contribution in [0.2, 0.25) is 0 Å². The number of thiophene rings is 2. The lowest BCUT2D eigenvalue weighted by atomic mass is 10.2. The molecule has 0 unspecified atom stereocenters. The predicted octanol–water partition coefficient (Wildman–Crippen LogP) is 3.80. The van der Waals surface area contributed by atoms with Crippen molar-refractivity contribution in [2.75, 3.05) is 7.11 Å². The number of hydrogen-bond donors (Lipinski definition) is 0. The van der Waals surface area contributed by atoms with Crippen LogP contribution in [0, 0.1) is 0 Å². The zero-order valence-electron chi connectivity index (χ0n) is 15.3. The van der Waals surface area contributed by atoms with E-state index in [1.54, 1.807) is 34.2 Å². The highest BCUT2D eigenvalue weighted by Gasteiger charge is 2.21. The van der Waals surface area contributed by atoms with Gasteiger partial charge < -0.3 is 4.74 Å². The second-order valence-electron chi connectivity index (χ2n) is 6.28. The molecule has 7 nitrogen and oxygen atoms in total. The van der Waals surface area contributed by atoms with Crippen LogP contribution < -0.4 is 10.4 Å². The van der Waals surface area contributed by atoms with Gasteiger partial charge in [0.1, 0.15) is 17.1 Å². The van der Waals surface area contributed by atoms with Crippen LogP contribution in [0.5, 0.6) is 5.75 Å². The van der Waals surface area contributed by atoms with Gasteiger partial charge in [-0.15, -0.1) is 38.0 Å². The van der Waals surface area contributed by atoms with Crippen molar-refractivity contribution < 1.29 is 4.74 Å². The Balaban J connectivity index is 1.68. The second-order valence-corrected chi connectivity index (χ2v) is 8.17. The third-order valence-electron chi connectivity index (χ3n) is 4.51. The van der Waals surface area contributed by atoms with E-state index in [1.807, 2.05) is 59.3 Å². The van der Waals surface area contributed by atoms with E-state index in [4.69, 9.17) is 4.74 Å². The third kappa shape index (κ3) is 3.14.